The smallest absolute Gasteiger partial charge is 0.191 e. The largest absolute Gasteiger partial charge is 0.497 e. The highest BCUT2D eigenvalue weighted by atomic mass is 16.5. The molecule has 23 heavy (non-hydrogen) atoms. The van der Waals surface area contributed by atoms with Crippen LogP contribution in [0.2, 0.25) is 0 Å². The maximum absolute atomic E-state index is 5.26. The summed E-state index contributed by atoms with van der Waals surface area (Å²) in [6.45, 7) is 6.42. The predicted molar refractivity (Wildman–Crippen MR) is 96.3 cm³/mol. The number of ether oxygens (including phenoxy) is 1. The van der Waals surface area contributed by atoms with E-state index in [1.165, 1.54) is 24.9 Å². The molecule has 1 aliphatic heterocycles. The van der Waals surface area contributed by atoms with Crippen molar-refractivity contribution in [3.63, 3.8) is 0 Å². The van der Waals surface area contributed by atoms with Gasteiger partial charge in [-0.05, 0) is 50.0 Å². The van der Waals surface area contributed by atoms with Gasteiger partial charge in [0.05, 0.1) is 7.11 Å². The number of benzene rings is 1. The second-order valence-electron chi connectivity index (χ2n) is 5.91. The molecule has 1 fully saturated rings. The maximum Gasteiger partial charge on any atom is 0.191 e. The van der Waals surface area contributed by atoms with Gasteiger partial charge in [0, 0.05) is 26.2 Å². The van der Waals surface area contributed by atoms with Crippen molar-refractivity contribution >= 4 is 5.96 Å². The average molecular weight is 318 g/mol. The number of hydrogen-bond donors (Lipinski definition) is 2. The predicted octanol–water partition coefficient (Wildman–Crippen LogP) is 1.89. The number of likely N-dealkylation sites (N-methyl/N-ethyl adjacent to an activating group) is 1. The standard InChI is InChI=1S/C18H30N4O/c1-4-22-12-6-8-16(22)14-21-18(19-2)20-11-10-15-7-5-9-17(13-15)23-3/h5,7,9,13,16H,4,6,8,10-12,14H2,1-3H3,(H2,19,20,21). The third-order valence-electron chi connectivity index (χ3n) is 4.47. The van der Waals surface area contributed by atoms with Crippen molar-refractivity contribution < 1.29 is 4.74 Å². The van der Waals surface area contributed by atoms with E-state index in [1.54, 1.807) is 7.11 Å². The number of rotatable bonds is 7. The first-order valence-electron chi connectivity index (χ1n) is 8.58. The SMILES string of the molecule is CCN1CCCC1CNC(=NC)NCCc1cccc(OC)c1. The third kappa shape index (κ3) is 5.43. The van der Waals surface area contributed by atoms with E-state index in [2.05, 4.69) is 39.6 Å². The summed E-state index contributed by atoms with van der Waals surface area (Å²) in [6, 6.07) is 8.84. The van der Waals surface area contributed by atoms with Crippen molar-refractivity contribution in [2.24, 2.45) is 4.99 Å². The van der Waals surface area contributed by atoms with Gasteiger partial charge in [0.2, 0.25) is 0 Å². The number of hydrogen-bond acceptors (Lipinski definition) is 3. The fourth-order valence-corrected chi connectivity index (χ4v) is 3.13. The van der Waals surface area contributed by atoms with Crippen LogP contribution in [-0.4, -0.2) is 57.2 Å². The fourth-order valence-electron chi connectivity index (χ4n) is 3.13. The van der Waals surface area contributed by atoms with Crippen LogP contribution in [0.1, 0.15) is 25.3 Å². The number of likely N-dealkylation sites (tertiary alicyclic amines) is 1. The molecule has 1 aliphatic rings. The molecule has 0 radical (unpaired) electrons. The first-order chi connectivity index (χ1) is 11.3. The molecule has 1 atom stereocenters. The van der Waals surface area contributed by atoms with E-state index in [9.17, 15) is 0 Å². The highest BCUT2D eigenvalue weighted by Gasteiger charge is 2.22. The molecule has 0 aliphatic carbocycles. The Morgan fingerprint density at radius 1 is 1.39 bits per heavy atom. The van der Waals surface area contributed by atoms with Crippen molar-refractivity contribution in [2.75, 3.05) is 40.3 Å². The van der Waals surface area contributed by atoms with E-state index in [0.717, 1.165) is 37.8 Å². The molecular formula is C18H30N4O. The Kier molecular flexibility index (Phi) is 7.20. The van der Waals surface area contributed by atoms with Crippen LogP contribution in [0.3, 0.4) is 0 Å². The molecular weight excluding hydrogens is 288 g/mol. The minimum absolute atomic E-state index is 0.636. The molecule has 1 aromatic carbocycles. The first-order valence-corrected chi connectivity index (χ1v) is 8.58. The zero-order chi connectivity index (χ0) is 16.5. The fraction of sp³-hybridized carbons (Fsp3) is 0.611. The summed E-state index contributed by atoms with van der Waals surface area (Å²) in [5.74, 6) is 1.79. The summed E-state index contributed by atoms with van der Waals surface area (Å²) in [4.78, 5) is 6.85. The average Bonchev–Trinajstić information content (AvgIpc) is 3.05. The van der Waals surface area contributed by atoms with Gasteiger partial charge in [-0.15, -0.1) is 0 Å². The highest BCUT2D eigenvalue weighted by molar-refractivity contribution is 5.79. The Bertz CT molecular complexity index is 504. The molecule has 0 amide bonds. The molecule has 0 saturated carbocycles. The molecule has 0 bridgehead atoms. The van der Waals surface area contributed by atoms with E-state index in [0.29, 0.717) is 6.04 Å². The molecule has 5 nitrogen and oxygen atoms in total. The molecule has 0 aromatic heterocycles. The number of guanidine groups is 1. The molecule has 1 aromatic rings. The molecule has 128 valence electrons. The summed E-state index contributed by atoms with van der Waals surface area (Å²) in [6.07, 6.45) is 3.53. The lowest BCUT2D eigenvalue weighted by Gasteiger charge is -2.24. The summed E-state index contributed by atoms with van der Waals surface area (Å²) < 4.78 is 5.26. The molecule has 1 saturated heterocycles. The third-order valence-corrected chi connectivity index (χ3v) is 4.47. The minimum atomic E-state index is 0.636. The van der Waals surface area contributed by atoms with Crippen LogP contribution >= 0.6 is 0 Å². The second kappa shape index (κ2) is 9.40. The van der Waals surface area contributed by atoms with Crippen LogP contribution in [-0.2, 0) is 6.42 Å². The Morgan fingerprint density at radius 3 is 3.00 bits per heavy atom. The van der Waals surface area contributed by atoms with Gasteiger partial charge in [0.25, 0.3) is 0 Å². The van der Waals surface area contributed by atoms with Gasteiger partial charge >= 0.3 is 0 Å². The van der Waals surface area contributed by atoms with E-state index in [-0.39, 0.29) is 0 Å². The number of nitrogens with zero attached hydrogens (tertiary/aromatic N) is 2. The lowest BCUT2D eigenvalue weighted by Crippen LogP contribution is -2.45. The monoisotopic (exact) mass is 318 g/mol. The quantitative estimate of drug-likeness (QED) is 0.595. The molecule has 2 rings (SSSR count). The lowest BCUT2D eigenvalue weighted by atomic mass is 10.1. The van der Waals surface area contributed by atoms with Gasteiger partial charge < -0.3 is 15.4 Å². The molecule has 5 heteroatoms. The Hall–Kier alpha value is -1.75. The number of nitrogens with one attached hydrogen (secondary N) is 2. The zero-order valence-corrected chi connectivity index (χ0v) is 14.6. The first kappa shape index (κ1) is 17.6. The normalized spacial score (nSPS) is 18.9. The Balaban J connectivity index is 1.72. The van der Waals surface area contributed by atoms with Crippen molar-refractivity contribution in [3.8, 4) is 5.75 Å². The van der Waals surface area contributed by atoms with Crippen LogP contribution < -0.4 is 15.4 Å². The minimum Gasteiger partial charge on any atom is -0.497 e. The van der Waals surface area contributed by atoms with Crippen molar-refractivity contribution in [3.05, 3.63) is 29.8 Å². The summed E-state index contributed by atoms with van der Waals surface area (Å²) in [5.41, 5.74) is 1.26. The van der Waals surface area contributed by atoms with Crippen molar-refractivity contribution in [1.29, 1.82) is 0 Å². The Morgan fingerprint density at radius 2 is 2.26 bits per heavy atom. The van der Waals surface area contributed by atoms with Crippen LogP contribution in [0, 0.1) is 0 Å². The van der Waals surface area contributed by atoms with E-state index >= 15 is 0 Å². The zero-order valence-electron chi connectivity index (χ0n) is 14.6. The number of methoxy groups -OCH3 is 1. The lowest BCUT2D eigenvalue weighted by molar-refractivity contribution is 0.267. The maximum atomic E-state index is 5.26. The summed E-state index contributed by atoms with van der Waals surface area (Å²) >= 11 is 0. The van der Waals surface area contributed by atoms with Crippen LogP contribution in [0.5, 0.6) is 5.75 Å². The van der Waals surface area contributed by atoms with E-state index in [4.69, 9.17) is 4.74 Å². The van der Waals surface area contributed by atoms with E-state index < -0.39 is 0 Å². The van der Waals surface area contributed by atoms with Gasteiger partial charge in [-0.2, -0.15) is 0 Å². The van der Waals surface area contributed by atoms with Gasteiger partial charge in [0.1, 0.15) is 5.75 Å². The highest BCUT2D eigenvalue weighted by Crippen LogP contribution is 2.15. The number of aliphatic imine (C=N–C) groups is 1. The van der Waals surface area contributed by atoms with Crippen LogP contribution in [0.4, 0.5) is 0 Å². The topological polar surface area (TPSA) is 48.9 Å². The second-order valence-corrected chi connectivity index (χ2v) is 5.91. The van der Waals surface area contributed by atoms with Gasteiger partial charge in [0.15, 0.2) is 5.96 Å². The molecule has 1 unspecified atom stereocenters. The summed E-state index contributed by atoms with van der Waals surface area (Å²) in [5, 5.41) is 6.85. The Labute approximate surface area is 140 Å². The van der Waals surface area contributed by atoms with Gasteiger partial charge in [-0.3, -0.25) is 9.89 Å². The van der Waals surface area contributed by atoms with Gasteiger partial charge in [-0.25, -0.2) is 0 Å². The summed E-state index contributed by atoms with van der Waals surface area (Å²) in [7, 11) is 3.53. The molecule has 2 N–H and O–H groups in total. The molecule has 1 heterocycles. The van der Waals surface area contributed by atoms with Crippen LogP contribution in [0.25, 0.3) is 0 Å². The van der Waals surface area contributed by atoms with Crippen molar-refractivity contribution in [2.45, 2.75) is 32.2 Å². The van der Waals surface area contributed by atoms with Gasteiger partial charge in [-0.1, -0.05) is 19.1 Å². The van der Waals surface area contributed by atoms with Crippen LogP contribution in [0.15, 0.2) is 29.3 Å². The van der Waals surface area contributed by atoms with Crippen molar-refractivity contribution in [1.82, 2.24) is 15.5 Å². The van der Waals surface area contributed by atoms with E-state index in [1.807, 2.05) is 19.2 Å². The molecule has 0 spiro atoms.